The fourth-order valence-electron chi connectivity index (χ4n) is 7.80. The molecule has 2 aromatic carbocycles. The Bertz CT molecular complexity index is 923. The zero-order chi connectivity index (χ0) is 22.4. The van der Waals surface area contributed by atoms with Gasteiger partial charge in [0.25, 0.3) is 0 Å². The fourth-order valence-corrected chi connectivity index (χ4v) is 7.80. The van der Waals surface area contributed by atoms with Gasteiger partial charge in [-0.05, 0) is 66.0 Å². The van der Waals surface area contributed by atoms with Crippen LogP contribution >= 0.6 is 0 Å². The zero-order valence-corrected chi connectivity index (χ0v) is 20.4. The molecule has 0 heterocycles. The largest absolute Gasteiger partial charge is 0.327 e. The third-order valence-corrected chi connectivity index (χ3v) is 8.68. The van der Waals surface area contributed by atoms with Gasteiger partial charge in [-0.25, -0.2) is 0 Å². The van der Waals surface area contributed by atoms with Crippen LogP contribution in [0.15, 0.2) is 66.2 Å². The lowest BCUT2D eigenvalue weighted by Gasteiger charge is -2.46. The predicted octanol–water partition coefficient (Wildman–Crippen LogP) is 7.58. The monoisotopic (exact) mass is 415 g/mol. The van der Waals surface area contributed by atoms with Gasteiger partial charge >= 0.3 is 0 Å². The smallest absolute Gasteiger partial charge is 0.0121 e. The fraction of sp³-hybridized carbons (Fsp3) is 0.533. The first-order chi connectivity index (χ1) is 14.8. The number of allylic oxidation sites excluding steroid dienone is 1. The maximum atomic E-state index is 6.75. The van der Waals surface area contributed by atoms with E-state index in [0.29, 0.717) is 23.7 Å². The Morgan fingerprint density at radius 2 is 1.68 bits per heavy atom. The van der Waals surface area contributed by atoms with E-state index in [2.05, 4.69) is 102 Å². The molecule has 0 aliphatic heterocycles. The van der Waals surface area contributed by atoms with Crippen LogP contribution in [0, 0.1) is 17.3 Å². The molecule has 0 spiro atoms. The van der Waals surface area contributed by atoms with E-state index < -0.39 is 0 Å². The summed E-state index contributed by atoms with van der Waals surface area (Å²) in [7, 11) is 0. The van der Waals surface area contributed by atoms with Crippen molar-refractivity contribution in [3.8, 4) is 0 Å². The topological polar surface area (TPSA) is 26.0 Å². The van der Waals surface area contributed by atoms with Crippen LogP contribution in [0.5, 0.6) is 0 Å². The summed E-state index contributed by atoms with van der Waals surface area (Å²) in [5.74, 6) is 2.13. The molecule has 1 heteroatoms. The summed E-state index contributed by atoms with van der Waals surface area (Å²) in [6, 6.07) is 21.1. The van der Waals surface area contributed by atoms with E-state index in [1.165, 1.54) is 23.1 Å². The molecule has 2 N–H and O–H groups in total. The van der Waals surface area contributed by atoms with E-state index in [9.17, 15) is 0 Å². The van der Waals surface area contributed by atoms with Crippen LogP contribution in [0.25, 0.3) is 0 Å². The summed E-state index contributed by atoms with van der Waals surface area (Å²) < 4.78 is 0. The van der Waals surface area contributed by atoms with Crippen molar-refractivity contribution in [3.63, 3.8) is 0 Å². The minimum atomic E-state index is 0.0859. The van der Waals surface area contributed by atoms with E-state index in [-0.39, 0.29) is 16.9 Å². The van der Waals surface area contributed by atoms with Gasteiger partial charge in [0.05, 0.1) is 0 Å². The minimum Gasteiger partial charge on any atom is -0.327 e. The molecule has 2 saturated carbocycles. The van der Waals surface area contributed by atoms with Crippen molar-refractivity contribution in [2.24, 2.45) is 23.0 Å². The molecule has 0 saturated heterocycles. The molecule has 2 fully saturated rings. The van der Waals surface area contributed by atoms with Gasteiger partial charge in [-0.1, -0.05) is 101 Å². The Hall–Kier alpha value is -1.86. The first-order valence-electron chi connectivity index (χ1n) is 12.4. The first-order valence-corrected chi connectivity index (χ1v) is 12.4. The van der Waals surface area contributed by atoms with E-state index in [4.69, 9.17) is 5.73 Å². The molecule has 0 aromatic heterocycles. The highest BCUT2D eigenvalue weighted by atomic mass is 14.8. The van der Waals surface area contributed by atoms with Crippen molar-refractivity contribution >= 4 is 0 Å². The summed E-state index contributed by atoms with van der Waals surface area (Å²) in [5, 5.41) is 0. The van der Waals surface area contributed by atoms with Crippen LogP contribution in [0.4, 0.5) is 0 Å². The van der Waals surface area contributed by atoms with Crippen LogP contribution < -0.4 is 5.73 Å². The van der Waals surface area contributed by atoms with Gasteiger partial charge in [-0.15, -0.1) is 0 Å². The summed E-state index contributed by atoms with van der Waals surface area (Å²) in [4.78, 5) is 0. The highest BCUT2D eigenvalue weighted by Crippen LogP contribution is 2.74. The molecule has 166 valence electrons. The zero-order valence-electron chi connectivity index (χ0n) is 20.4. The average Bonchev–Trinajstić information content (AvgIpc) is 3.10. The second kappa shape index (κ2) is 8.24. The third-order valence-electron chi connectivity index (χ3n) is 8.68. The summed E-state index contributed by atoms with van der Waals surface area (Å²) in [6.07, 6.45) is 5.94. The van der Waals surface area contributed by atoms with Gasteiger partial charge in [0.2, 0.25) is 0 Å². The molecule has 6 atom stereocenters. The molecule has 2 aromatic rings. The third kappa shape index (κ3) is 3.32. The minimum absolute atomic E-state index is 0.0859. The van der Waals surface area contributed by atoms with Gasteiger partial charge in [0, 0.05) is 17.4 Å². The van der Waals surface area contributed by atoms with Gasteiger partial charge in [0.15, 0.2) is 0 Å². The molecular formula is C30H41N. The lowest BCUT2D eigenvalue weighted by molar-refractivity contribution is 0.139. The van der Waals surface area contributed by atoms with Crippen LogP contribution in [0.3, 0.4) is 0 Å². The molecule has 0 amide bonds. The van der Waals surface area contributed by atoms with Crippen molar-refractivity contribution in [2.45, 2.75) is 84.1 Å². The van der Waals surface area contributed by atoms with Crippen LogP contribution in [0.2, 0.25) is 0 Å². The highest BCUT2D eigenvalue weighted by Gasteiger charge is 2.68. The van der Waals surface area contributed by atoms with Crippen molar-refractivity contribution in [3.05, 3.63) is 82.9 Å². The maximum absolute atomic E-state index is 6.75. The Morgan fingerprint density at radius 1 is 1.03 bits per heavy atom. The average molecular weight is 416 g/mol. The van der Waals surface area contributed by atoms with Gasteiger partial charge in [-0.2, -0.15) is 0 Å². The molecule has 31 heavy (non-hydrogen) atoms. The molecule has 5 unspecified atom stereocenters. The van der Waals surface area contributed by atoms with E-state index in [1.54, 1.807) is 5.57 Å². The maximum Gasteiger partial charge on any atom is 0.0121 e. The molecule has 4 rings (SSSR count). The SMILES string of the molecule is CC/C=C1/CC2(c3ccc(C(C)C)cc3)C(c3ccccc3)[C@@H](C)CC2(C)C1C(C)N. The number of hydrogen-bond donors (Lipinski definition) is 1. The summed E-state index contributed by atoms with van der Waals surface area (Å²) in [6.45, 7) is 14.1. The van der Waals surface area contributed by atoms with Crippen LogP contribution in [-0.2, 0) is 5.41 Å². The molecule has 2 aliphatic carbocycles. The Balaban J connectivity index is 1.98. The number of nitrogens with two attached hydrogens (primary N) is 1. The van der Waals surface area contributed by atoms with Crippen molar-refractivity contribution in [1.29, 1.82) is 0 Å². The predicted molar refractivity (Wildman–Crippen MR) is 133 cm³/mol. The second-order valence-electron chi connectivity index (χ2n) is 10.9. The highest BCUT2D eigenvalue weighted by molar-refractivity contribution is 5.48. The standard InChI is InChI=1S/C30H41N/c1-7-11-25-19-30(26-16-14-23(15-17-26)20(2)3)27(24-12-9-8-10-13-24)21(4)18-29(30,6)28(25)22(5)31/h8-17,20-22,27-28H,7,18-19,31H2,1-6H3/b25-11-/t21-,22?,27?,28?,29?,30?/m0/s1. The normalized spacial score (nSPS) is 35.0. The quantitative estimate of drug-likeness (QED) is 0.500. The lowest BCUT2D eigenvalue weighted by atomic mass is 9.57. The van der Waals surface area contributed by atoms with E-state index >= 15 is 0 Å². The molecule has 0 radical (unpaired) electrons. The molecular weight excluding hydrogens is 374 g/mol. The summed E-state index contributed by atoms with van der Waals surface area (Å²) >= 11 is 0. The number of hydrogen-bond acceptors (Lipinski definition) is 1. The lowest BCUT2D eigenvalue weighted by Crippen LogP contribution is -2.45. The number of benzene rings is 2. The molecule has 0 bridgehead atoms. The Kier molecular flexibility index (Phi) is 5.94. The number of rotatable bonds is 5. The van der Waals surface area contributed by atoms with E-state index in [0.717, 1.165) is 12.8 Å². The number of fused-ring (bicyclic) bond motifs is 1. The van der Waals surface area contributed by atoms with Crippen LogP contribution in [-0.4, -0.2) is 6.04 Å². The Morgan fingerprint density at radius 3 is 2.23 bits per heavy atom. The van der Waals surface area contributed by atoms with Gasteiger partial charge < -0.3 is 5.73 Å². The van der Waals surface area contributed by atoms with Gasteiger partial charge in [-0.3, -0.25) is 0 Å². The van der Waals surface area contributed by atoms with Gasteiger partial charge in [0.1, 0.15) is 0 Å². The van der Waals surface area contributed by atoms with Crippen molar-refractivity contribution < 1.29 is 0 Å². The van der Waals surface area contributed by atoms with Crippen LogP contribution in [0.1, 0.15) is 89.3 Å². The second-order valence-corrected chi connectivity index (χ2v) is 10.9. The molecule has 1 nitrogen and oxygen atoms in total. The van der Waals surface area contributed by atoms with Crippen molar-refractivity contribution in [1.82, 2.24) is 0 Å². The Labute approximate surface area is 190 Å². The van der Waals surface area contributed by atoms with E-state index in [1.807, 2.05) is 0 Å². The summed E-state index contributed by atoms with van der Waals surface area (Å²) in [5.41, 5.74) is 13.0. The first kappa shape index (κ1) is 22.3. The van der Waals surface area contributed by atoms with Crippen molar-refractivity contribution in [2.75, 3.05) is 0 Å². The molecule has 2 aliphatic rings.